The van der Waals surface area contributed by atoms with Gasteiger partial charge in [0.05, 0.1) is 0 Å². The molecule has 1 heterocycles. The molecule has 2 aromatic rings. The number of hydrogen-bond acceptors (Lipinski definition) is 3. The van der Waals surface area contributed by atoms with Crippen LogP contribution in [0.15, 0.2) is 42.6 Å². The highest BCUT2D eigenvalue weighted by Gasteiger charge is 2.09. The quantitative estimate of drug-likeness (QED) is 0.870. The zero-order valence-electron chi connectivity index (χ0n) is 9.64. The minimum atomic E-state index is 0.598. The van der Waals surface area contributed by atoms with E-state index < -0.39 is 0 Å². The van der Waals surface area contributed by atoms with Gasteiger partial charge in [0.15, 0.2) is 0 Å². The number of nitriles is 1. The van der Waals surface area contributed by atoms with E-state index in [-0.39, 0.29) is 0 Å². The fourth-order valence-electron chi connectivity index (χ4n) is 1.73. The Balaban J connectivity index is 2.56. The van der Waals surface area contributed by atoms with Crippen molar-refractivity contribution < 1.29 is 0 Å². The summed E-state index contributed by atoms with van der Waals surface area (Å²) >= 11 is 0. The zero-order chi connectivity index (χ0) is 12.1. The molecule has 0 bridgehead atoms. The first-order valence-corrected chi connectivity index (χ1v) is 5.55. The average Bonchev–Trinajstić information content (AvgIpc) is 2.40. The van der Waals surface area contributed by atoms with Crippen molar-refractivity contribution in [2.75, 3.05) is 11.9 Å². The van der Waals surface area contributed by atoms with E-state index in [0.717, 1.165) is 17.7 Å². The average molecular weight is 223 g/mol. The van der Waals surface area contributed by atoms with Crippen LogP contribution in [0.25, 0.3) is 11.1 Å². The van der Waals surface area contributed by atoms with Crippen LogP contribution in [0.4, 0.5) is 5.82 Å². The van der Waals surface area contributed by atoms with Gasteiger partial charge in [-0.05, 0) is 18.6 Å². The number of benzene rings is 1. The molecule has 0 aliphatic carbocycles. The second-order valence-corrected chi connectivity index (χ2v) is 3.59. The van der Waals surface area contributed by atoms with Crippen molar-refractivity contribution in [2.24, 2.45) is 0 Å². The molecule has 0 spiro atoms. The summed E-state index contributed by atoms with van der Waals surface area (Å²) in [5.74, 6) is 0.649. The first-order valence-electron chi connectivity index (χ1n) is 5.55. The fourth-order valence-corrected chi connectivity index (χ4v) is 1.73. The summed E-state index contributed by atoms with van der Waals surface area (Å²) in [4.78, 5) is 4.19. The molecular weight excluding hydrogens is 210 g/mol. The maximum atomic E-state index is 9.26. The molecular formula is C14H13N3. The van der Waals surface area contributed by atoms with Crippen molar-refractivity contribution in [1.29, 1.82) is 5.26 Å². The third-order valence-electron chi connectivity index (χ3n) is 2.49. The number of aromatic nitrogens is 1. The monoisotopic (exact) mass is 223 g/mol. The molecule has 1 aromatic heterocycles. The molecule has 3 heteroatoms. The summed E-state index contributed by atoms with van der Waals surface area (Å²) in [6.07, 6.45) is 1.72. The van der Waals surface area contributed by atoms with E-state index in [2.05, 4.69) is 16.4 Å². The summed E-state index contributed by atoms with van der Waals surface area (Å²) in [7, 11) is 0. The van der Waals surface area contributed by atoms with Gasteiger partial charge in [-0.15, -0.1) is 0 Å². The lowest BCUT2D eigenvalue weighted by Gasteiger charge is -2.09. The number of hydrogen-bond donors (Lipinski definition) is 1. The standard InChI is InChI=1S/C14H13N3/c1-2-16-14-13(10-15)12(8-9-17-14)11-6-4-3-5-7-11/h3-9H,2H2,1H3,(H,16,17). The Labute approximate surface area is 101 Å². The molecule has 0 saturated heterocycles. The second kappa shape index (κ2) is 5.13. The lowest BCUT2D eigenvalue weighted by Crippen LogP contribution is -2.02. The number of rotatable bonds is 3. The summed E-state index contributed by atoms with van der Waals surface area (Å²) in [5.41, 5.74) is 2.55. The van der Waals surface area contributed by atoms with Crippen LogP contribution in [0.3, 0.4) is 0 Å². The van der Waals surface area contributed by atoms with Crippen molar-refractivity contribution in [2.45, 2.75) is 6.92 Å². The van der Waals surface area contributed by atoms with Gasteiger partial charge in [0.2, 0.25) is 0 Å². The molecule has 0 fully saturated rings. The molecule has 2 rings (SSSR count). The molecule has 1 N–H and O–H groups in total. The molecule has 84 valence electrons. The normalized spacial score (nSPS) is 9.65. The minimum Gasteiger partial charge on any atom is -0.369 e. The Morgan fingerprint density at radius 2 is 2.00 bits per heavy atom. The molecule has 0 unspecified atom stereocenters. The minimum absolute atomic E-state index is 0.598. The van der Waals surface area contributed by atoms with Gasteiger partial charge in [0.1, 0.15) is 17.5 Å². The number of nitrogens with zero attached hydrogens (tertiary/aromatic N) is 2. The molecule has 0 aliphatic rings. The fraction of sp³-hybridized carbons (Fsp3) is 0.143. The maximum Gasteiger partial charge on any atom is 0.144 e. The smallest absolute Gasteiger partial charge is 0.144 e. The van der Waals surface area contributed by atoms with Gasteiger partial charge >= 0.3 is 0 Å². The highest BCUT2D eigenvalue weighted by Crippen LogP contribution is 2.26. The van der Waals surface area contributed by atoms with Gasteiger partial charge in [-0.25, -0.2) is 4.98 Å². The number of pyridine rings is 1. The highest BCUT2D eigenvalue weighted by atomic mass is 15.0. The molecule has 0 amide bonds. The van der Waals surface area contributed by atoms with Crippen molar-refractivity contribution in [3.63, 3.8) is 0 Å². The second-order valence-electron chi connectivity index (χ2n) is 3.59. The third-order valence-corrected chi connectivity index (χ3v) is 2.49. The van der Waals surface area contributed by atoms with Crippen LogP contribution >= 0.6 is 0 Å². The Kier molecular flexibility index (Phi) is 3.37. The van der Waals surface area contributed by atoms with E-state index in [1.807, 2.05) is 43.3 Å². The van der Waals surface area contributed by atoms with Crippen LogP contribution in [0.2, 0.25) is 0 Å². The predicted octanol–water partition coefficient (Wildman–Crippen LogP) is 3.05. The molecule has 0 atom stereocenters. The van der Waals surface area contributed by atoms with Gasteiger partial charge < -0.3 is 5.32 Å². The van der Waals surface area contributed by atoms with E-state index in [1.165, 1.54) is 0 Å². The topological polar surface area (TPSA) is 48.7 Å². The third kappa shape index (κ3) is 2.26. The first-order chi connectivity index (χ1) is 8.36. The van der Waals surface area contributed by atoms with Gasteiger partial charge in [0.25, 0.3) is 0 Å². The van der Waals surface area contributed by atoms with Crippen LogP contribution in [0.5, 0.6) is 0 Å². The summed E-state index contributed by atoms with van der Waals surface area (Å²) in [6, 6.07) is 14.0. The maximum absolute atomic E-state index is 9.26. The lowest BCUT2D eigenvalue weighted by molar-refractivity contribution is 1.15. The van der Waals surface area contributed by atoms with Gasteiger partial charge in [-0.3, -0.25) is 0 Å². The van der Waals surface area contributed by atoms with E-state index in [4.69, 9.17) is 0 Å². The van der Waals surface area contributed by atoms with Crippen LogP contribution in [0.1, 0.15) is 12.5 Å². The van der Waals surface area contributed by atoms with Gasteiger partial charge in [-0.2, -0.15) is 5.26 Å². The predicted molar refractivity (Wildman–Crippen MR) is 68.6 cm³/mol. The Bertz CT molecular complexity index is 541. The van der Waals surface area contributed by atoms with Gasteiger partial charge in [0, 0.05) is 18.3 Å². The van der Waals surface area contributed by atoms with Crippen molar-refractivity contribution in [3.05, 3.63) is 48.2 Å². The number of anilines is 1. The molecule has 17 heavy (non-hydrogen) atoms. The van der Waals surface area contributed by atoms with Crippen molar-refractivity contribution in [1.82, 2.24) is 4.98 Å². The van der Waals surface area contributed by atoms with Gasteiger partial charge in [-0.1, -0.05) is 30.3 Å². The largest absolute Gasteiger partial charge is 0.369 e. The molecule has 1 aromatic carbocycles. The van der Waals surface area contributed by atoms with Crippen LogP contribution in [0, 0.1) is 11.3 Å². The van der Waals surface area contributed by atoms with E-state index in [0.29, 0.717) is 11.4 Å². The summed E-state index contributed by atoms with van der Waals surface area (Å²) in [6.45, 7) is 2.73. The summed E-state index contributed by atoms with van der Waals surface area (Å²) < 4.78 is 0. The molecule has 0 aliphatic heterocycles. The van der Waals surface area contributed by atoms with Crippen LogP contribution in [-0.2, 0) is 0 Å². The first kappa shape index (κ1) is 11.2. The van der Waals surface area contributed by atoms with Crippen LogP contribution < -0.4 is 5.32 Å². The zero-order valence-corrected chi connectivity index (χ0v) is 9.64. The van der Waals surface area contributed by atoms with E-state index >= 15 is 0 Å². The molecule has 3 nitrogen and oxygen atoms in total. The Hall–Kier alpha value is -2.34. The van der Waals surface area contributed by atoms with E-state index in [9.17, 15) is 5.26 Å². The Morgan fingerprint density at radius 1 is 1.24 bits per heavy atom. The van der Waals surface area contributed by atoms with Crippen LogP contribution in [-0.4, -0.2) is 11.5 Å². The molecule has 0 radical (unpaired) electrons. The SMILES string of the molecule is CCNc1nccc(-c2ccccc2)c1C#N. The van der Waals surface area contributed by atoms with Crippen molar-refractivity contribution in [3.8, 4) is 17.2 Å². The molecule has 0 saturated carbocycles. The lowest BCUT2D eigenvalue weighted by atomic mass is 10.0. The highest BCUT2D eigenvalue weighted by molar-refractivity contribution is 5.75. The van der Waals surface area contributed by atoms with Crippen molar-refractivity contribution >= 4 is 5.82 Å². The Morgan fingerprint density at radius 3 is 2.65 bits per heavy atom. The number of nitrogens with one attached hydrogen (secondary N) is 1. The van der Waals surface area contributed by atoms with E-state index in [1.54, 1.807) is 6.20 Å². The summed E-state index contributed by atoms with van der Waals surface area (Å²) in [5, 5.41) is 12.4.